The molecule has 0 bridgehead atoms. The van der Waals surface area contributed by atoms with Gasteiger partial charge in [0.1, 0.15) is 0 Å². The standard InChI is InChI=1S/C13H24N2O2/c14-7-8-15(11-4-3-5-11)13(16)10-12-6-1-2-9-17-12/h11-12H,1-10,14H2. The quantitative estimate of drug-likeness (QED) is 0.787. The van der Waals surface area contributed by atoms with Gasteiger partial charge in [-0.15, -0.1) is 0 Å². The second-order valence-electron chi connectivity index (χ2n) is 5.15. The molecule has 0 spiro atoms. The van der Waals surface area contributed by atoms with E-state index >= 15 is 0 Å². The number of carbonyl (C=O) groups is 1. The van der Waals surface area contributed by atoms with Crippen LogP contribution in [0.1, 0.15) is 44.9 Å². The minimum absolute atomic E-state index is 0.150. The molecule has 2 N–H and O–H groups in total. The van der Waals surface area contributed by atoms with Crippen LogP contribution in [0.4, 0.5) is 0 Å². The number of nitrogens with two attached hydrogens (primary N) is 1. The second kappa shape index (κ2) is 6.36. The number of hydrogen-bond acceptors (Lipinski definition) is 3. The van der Waals surface area contributed by atoms with Gasteiger partial charge in [-0.3, -0.25) is 4.79 Å². The van der Waals surface area contributed by atoms with Crippen molar-refractivity contribution in [3.8, 4) is 0 Å². The number of hydrogen-bond donors (Lipinski definition) is 1. The van der Waals surface area contributed by atoms with Crippen molar-refractivity contribution < 1.29 is 9.53 Å². The van der Waals surface area contributed by atoms with Crippen molar-refractivity contribution in [2.75, 3.05) is 19.7 Å². The fourth-order valence-electron chi connectivity index (χ4n) is 2.63. The summed E-state index contributed by atoms with van der Waals surface area (Å²) in [6.45, 7) is 2.09. The molecule has 4 nitrogen and oxygen atoms in total. The molecule has 4 heteroatoms. The van der Waals surface area contributed by atoms with Crippen LogP contribution in [0.25, 0.3) is 0 Å². The van der Waals surface area contributed by atoms with Crippen molar-refractivity contribution in [1.29, 1.82) is 0 Å². The molecule has 1 aliphatic heterocycles. The van der Waals surface area contributed by atoms with Crippen molar-refractivity contribution >= 4 is 5.91 Å². The van der Waals surface area contributed by atoms with Gasteiger partial charge in [-0.25, -0.2) is 0 Å². The van der Waals surface area contributed by atoms with Crippen LogP contribution < -0.4 is 5.73 Å². The highest BCUT2D eigenvalue weighted by atomic mass is 16.5. The molecule has 1 heterocycles. The Labute approximate surface area is 103 Å². The maximum absolute atomic E-state index is 12.2. The summed E-state index contributed by atoms with van der Waals surface area (Å²) in [7, 11) is 0. The van der Waals surface area contributed by atoms with Crippen LogP contribution in [0.3, 0.4) is 0 Å². The van der Waals surface area contributed by atoms with Gasteiger partial charge in [0.25, 0.3) is 0 Å². The molecular weight excluding hydrogens is 216 g/mol. The lowest BCUT2D eigenvalue weighted by atomic mass is 9.91. The highest BCUT2D eigenvalue weighted by Crippen LogP contribution is 2.26. The Morgan fingerprint density at radius 3 is 2.59 bits per heavy atom. The van der Waals surface area contributed by atoms with Crippen LogP contribution in [0.2, 0.25) is 0 Å². The predicted octanol–water partition coefficient (Wildman–Crippen LogP) is 1.29. The fourth-order valence-corrected chi connectivity index (χ4v) is 2.63. The zero-order valence-corrected chi connectivity index (χ0v) is 10.6. The van der Waals surface area contributed by atoms with E-state index in [1.165, 1.54) is 12.8 Å². The van der Waals surface area contributed by atoms with Gasteiger partial charge in [-0.1, -0.05) is 0 Å². The van der Waals surface area contributed by atoms with Gasteiger partial charge >= 0.3 is 0 Å². The third kappa shape index (κ3) is 3.42. The minimum Gasteiger partial charge on any atom is -0.378 e. The zero-order chi connectivity index (χ0) is 12.1. The van der Waals surface area contributed by atoms with Crippen LogP contribution in [-0.4, -0.2) is 42.6 Å². The van der Waals surface area contributed by atoms with Gasteiger partial charge in [-0.05, 0) is 38.5 Å². The zero-order valence-electron chi connectivity index (χ0n) is 10.6. The maximum Gasteiger partial charge on any atom is 0.225 e. The van der Waals surface area contributed by atoms with Gasteiger partial charge in [0.2, 0.25) is 5.91 Å². The molecule has 0 aromatic rings. The number of amides is 1. The topological polar surface area (TPSA) is 55.6 Å². The van der Waals surface area contributed by atoms with E-state index in [0.717, 1.165) is 32.3 Å². The Kier molecular flexibility index (Phi) is 4.80. The predicted molar refractivity (Wildman–Crippen MR) is 66.6 cm³/mol. The largest absolute Gasteiger partial charge is 0.378 e. The van der Waals surface area contributed by atoms with E-state index in [1.54, 1.807) is 0 Å². The first-order valence-electron chi connectivity index (χ1n) is 6.92. The Morgan fingerprint density at radius 2 is 2.06 bits per heavy atom. The fraction of sp³-hybridized carbons (Fsp3) is 0.923. The lowest BCUT2D eigenvalue weighted by Gasteiger charge is -2.38. The van der Waals surface area contributed by atoms with Gasteiger partial charge in [0.05, 0.1) is 12.5 Å². The van der Waals surface area contributed by atoms with Gasteiger partial charge in [-0.2, -0.15) is 0 Å². The summed E-state index contributed by atoms with van der Waals surface area (Å²) < 4.78 is 5.63. The Hall–Kier alpha value is -0.610. The summed E-state index contributed by atoms with van der Waals surface area (Å²) in [4.78, 5) is 14.2. The first-order valence-corrected chi connectivity index (χ1v) is 6.92. The monoisotopic (exact) mass is 240 g/mol. The summed E-state index contributed by atoms with van der Waals surface area (Å²) in [5.74, 6) is 0.243. The second-order valence-corrected chi connectivity index (χ2v) is 5.15. The molecule has 1 unspecified atom stereocenters. The van der Waals surface area contributed by atoms with Gasteiger partial charge < -0.3 is 15.4 Å². The summed E-state index contributed by atoms with van der Waals surface area (Å²) >= 11 is 0. The van der Waals surface area contributed by atoms with E-state index in [9.17, 15) is 4.79 Å². The van der Waals surface area contributed by atoms with Crippen LogP contribution in [0, 0.1) is 0 Å². The Balaban J connectivity index is 1.81. The molecule has 0 aromatic heterocycles. The molecule has 1 saturated carbocycles. The number of nitrogens with zero attached hydrogens (tertiary/aromatic N) is 1. The highest BCUT2D eigenvalue weighted by molar-refractivity contribution is 5.77. The van der Waals surface area contributed by atoms with Crippen molar-refractivity contribution in [2.24, 2.45) is 5.73 Å². The third-order valence-corrected chi connectivity index (χ3v) is 3.88. The van der Waals surface area contributed by atoms with E-state index in [-0.39, 0.29) is 12.0 Å². The van der Waals surface area contributed by atoms with Crippen LogP contribution >= 0.6 is 0 Å². The molecule has 1 saturated heterocycles. The third-order valence-electron chi connectivity index (χ3n) is 3.88. The molecule has 98 valence electrons. The van der Waals surface area contributed by atoms with Crippen LogP contribution in [-0.2, 0) is 9.53 Å². The number of carbonyl (C=O) groups excluding carboxylic acids is 1. The molecular formula is C13H24N2O2. The van der Waals surface area contributed by atoms with Gasteiger partial charge in [0.15, 0.2) is 0 Å². The molecule has 1 aliphatic carbocycles. The average Bonchev–Trinajstić information content (AvgIpc) is 2.27. The van der Waals surface area contributed by atoms with Crippen LogP contribution in [0.5, 0.6) is 0 Å². The first kappa shape index (κ1) is 12.8. The van der Waals surface area contributed by atoms with Crippen LogP contribution in [0.15, 0.2) is 0 Å². The SMILES string of the molecule is NCCN(C(=O)CC1CCCCO1)C1CCC1. The van der Waals surface area contributed by atoms with E-state index in [2.05, 4.69) is 0 Å². The van der Waals surface area contributed by atoms with E-state index < -0.39 is 0 Å². The summed E-state index contributed by atoms with van der Waals surface area (Å²) in [6, 6.07) is 0.453. The lowest BCUT2D eigenvalue weighted by Crippen LogP contribution is -2.47. The molecule has 1 atom stereocenters. The molecule has 1 amide bonds. The number of ether oxygens (including phenoxy) is 1. The van der Waals surface area contributed by atoms with E-state index in [0.29, 0.717) is 25.6 Å². The Bertz CT molecular complexity index is 248. The van der Waals surface area contributed by atoms with E-state index in [4.69, 9.17) is 10.5 Å². The number of rotatable bonds is 5. The summed E-state index contributed by atoms with van der Waals surface area (Å²) in [5, 5.41) is 0. The smallest absolute Gasteiger partial charge is 0.225 e. The average molecular weight is 240 g/mol. The maximum atomic E-state index is 12.2. The molecule has 2 rings (SSSR count). The van der Waals surface area contributed by atoms with Crippen molar-refractivity contribution in [3.05, 3.63) is 0 Å². The molecule has 0 aromatic carbocycles. The van der Waals surface area contributed by atoms with Crippen molar-refractivity contribution in [1.82, 2.24) is 4.90 Å². The normalized spacial score (nSPS) is 25.4. The highest BCUT2D eigenvalue weighted by Gasteiger charge is 2.29. The van der Waals surface area contributed by atoms with E-state index in [1.807, 2.05) is 4.90 Å². The molecule has 2 fully saturated rings. The summed E-state index contributed by atoms with van der Waals surface area (Å²) in [6.07, 6.45) is 7.62. The molecule has 17 heavy (non-hydrogen) atoms. The molecule has 2 aliphatic rings. The van der Waals surface area contributed by atoms with Crippen molar-refractivity contribution in [3.63, 3.8) is 0 Å². The minimum atomic E-state index is 0.150. The molecule has 0 radical (unpaired) electrons. The van der Waals surface area contributed by atoms with Crippen molar-refractivity contribution in [2.45, 2.75) is 57.1 Å². The first-order chi connectivity index (χ1) is 8.31. The summed E-state index contributed by atoms with van der Waals surface area (Å²) in [5.41, 5.74) is 5.59. The Morgan fingerprint density at radius 1 is 1.24 bits per heavy atom. The van der Waals surface area contributed by atoms with Gasteiger partial charge in [0, 0.05) is 25.7 Å². The lowest BCUT2D eigenvalue weighted by molar-refractivity contribution is -0.139.